The number of Topliss-reactive ketones (excluding diaryl/α,β-unsaturated/α-hetero) is 1. The van der Waals surface area contributed by atoms with Gasteiger partial charge in [0.15, 0.2) is 0 Å². The van der Waals surface area contributed by atoms with Crippen molar-refractivity contribution in [1.29, 1.82) is 0 Å². The Labute approximate surface area is 149 Å². The van der Waals surface area contributed by atoms with Gasteiger partial charge in [-0.2, -0.15) is 0 Å². The molecule has 23 heavy (non-hydrogen) atoms. The van der Waals surface area contributed by atoms with Crippen molar-refractivity contribution in [2.24, 2.45) is 0 Å². The summed E-state index contributed by atoms with van der Waals surface area (Å²) < 4.78 is 7.85. The topological polar surface area (TPSA) is 58.6 Å². The van der Waals surface area contributed by atoms with Crippen LogP contribution in [-0.4, -0.2) is 55.2 Å². The van der Waals surface area contributed by atoms with Gasteiger partial charge >= 0.3 is 5.91 Å². The van der Waals surface area contributed by atoms with Crippen molar-refractivity contribution < 1.29 is 14.3 Å². The molecule has 0 saturated carbocycles. The van der Waals surface area contributed by atoms with E-state index in [1.807, 2.05) is 0 Å². The number of halogens is 2. The van der Waals surface area contributed by atoms with Crippen molar-refractivity contribution in [3.05, 3.63) is 33.8 Å². The number of rotatable bonds is 7. The van der Waals surface area contributed by atoms with Crippen LogP contribution >= 0.6 is 35.1 Å². The van der Waals surface area contributed by atoms with E-state index in [9.17, 15) is 9.59 Å². The summed E-state index contributed by atoms with van der Waals surface area (Å²) in [6, 6.07) is 4.38. The summed E-state index contributed by atoms with van der Waals surface area (Å²) in [6.07, 6.45) is 0.936. The minimum absolute atomic E-state index is 0.228. The Morgan fingerprint density at radius 1 is 1.22 bits per heavy atom. The molecule has 0 aliphatic carbocycles. The Morgan fingerprint density at radius 2 is 1.96 bits per heavy atom. The summed E-state index contributed by atoms with van der Waals surface area (Å²) in [5, 5.41) is 0.601. The molecule has 1 N–H and O–H groups in total. The van der Waals surface area contributed by atoms with Crippen LogP contribution in [0.25, 0.3) is 0 Å². The summed E-state index contributed by atoms with van der Waals surface area (Å²) in [4.78, 5) is 26.1. The number of ether oxygens (including phenoxy) is 1. The predicted octanol–water partition coefficient (Wildman–Crippen LogP) is 2.66. The van der Waals surface area contributed by atoms with Crippen LogP contribution in [0.4, 0.5) is 0 Å². The Morgan fingerprint density at radius 3 is 2.65 bits per heavy atom. The van der Waals surface area contributed by atoms with Gasteiger partial charge in [-0.1, -0.05) is 35.1 Å². The van der Waals surface area contributed by atoms with Crippen LogP contribution in [0.3, 0.4) is 0 Å². The molecular formula is C15H18Cl2N2O3S. The van der Waals surface area contributed by atoms with Gasteiger partial charge in [0.1, 0.15) is 0 Å². The van der Waals surface area contributed by atoms with Gasteiger partial charge < -0.3 is 4.74 Å². The Hall–Kier alpha value is -0.790. The van der Waals surface area contributed by atoms with Crippen molar-refractivity contribution in [2.75, 3.05) is 38.6 Å². The fourth-order valence-electron chi connectivity index (χ4n) is 2.12. The molecule has 0 bridgehead atoms. The third kappa shape index (κ3) is 5.97. The van der Waals surface area contributed by atoms with Crippen LogP contribution in [0.2, 0.25) is 10.0 Å². The number of ketones is 1. The van der Waals surface area contributed by atoms with Gasteiger partial charge in [-0.3, -0.25) is 19.2 Å². The summed E-state index contributed by atoms with van der Waals surface area (Å²) >= 11 is 12.9. The number of hydrogen-bond donors (Lipinski definition) is 1. The second-order valence-corrected chi connectivity index (χ2v) is 6.76. The maximum absolute atomic E-state index is 12.0. The monoisotopic (exact) mass is 376 g/mol. The zero-order valence-electron chi connectivity index (χ0n) is 12.5. The first-order chi connectivity index (χ1) is 11.1. The van der Waals surface area contributed by atoms with E-state index in [-0.39, 0.29) is 10.6 Å². The van der Waals surface area contributed by atoms with E-state index in [0.29, 0.717) is 5.02 Å². The summed E-state index contributed by atoms with van der Waals surface area (Å²) in [5.41, 5.74) is 0.228. The van der Waals surface area contributed by atoms with Crippen molar-refractivity contribution in [1.82, 2.24) is 9.62 Å². The van der Waals surface area contributed by atoms with E-state index in [2.05, 4.69) is 9.62 Å². The fourth-order valence-corrected chi connectivity index (χ4v) is 3.01. The zero-order valence-corrected chi connectivity index (χ0v) is 14.8. The molecule has 0 aromatic heterocycles. The zero-order chi connectivity index (χ0) is 16.7. The minimum atomic E-state index is -0.653. The normalized spacial score (nSPS) is 15.4. The first kappa shape index (κ1) is 18.5. The number of amides is 1. The van der Waals surface area contributed by atoms with Crippen LogP contribution < -0.4 is 4.72 Å². The molecule has 8 heteroatoms. The van der Waals surface area contributed by atoms with Gasteiger partial charge in [0.05, 0.1) is 23.3 Å². The maximum Gasteiger partial charge on any atom is 0.302 e. The number of nitrogens with zero attached hydrogens (tertiary/aromatic N) is 1. The van der Waals surface area contributed by atoms with Crippen LogP contribution in [0.1, 0.15) is 16.8 Å². The quantitative estimate of drug-likeness (QED) is 0.343. The van der Waals surface area contributed by atoms with Crippen LogP contribution in [0, 0.1) is 0 Å². The molecule has 0 spiro atoms. The predicted molar refractivity (Wildman–Crippen MR) is 93.3 cm³/mol. The number of nitrogens with one attached hydrogen (secondary N) is 1. The molecule has 0 radical (unpaired) electrons. The summed E-state index contributed by atoms with van der Waals surface area (Å²) in [5.74, 6) is -0.526. The minimum Gasteiger partial charge on any atom is -0.379 e. The van der Waals surface area contributed by atoms with E-state index >= 15 is 0 Å². The molecule has 1 aromatic rings. The molecule has 1 aromatic carbocycles. The lowest BCUT2D eigenvalue weighted by molar-refractivity contribution is -0.115. The lowest BCUT2D eigenvalue weighted by Crippen LogP contribution is -2.37. The van der Waals surface area contributed by atoms with E-state index in [1.54, 1.807) is 0 Å². The molecule has 126 valence electrons. The van der Waals surface area contributed by atoms with E-state index in [0.717, 1.165) is 45.0 Å². The second kappa shape index (κ2) is 9.49. The van der Waals surface area contributed by atoms with E-state index in [4.69, 9.17) is 27.9 Å². The smallest absolute Gasteiger partial charge is 0.302 e. The largest absolute Gasteiger partial charge is 0.379 e. The van der Waals surface area contributed by atoms with Crippen LogP contribution in [0.5, 0.6) is 0 Å². The fraction of sp³-hybridized carbons (Fsp3) is 0.467. The first-order valence-electron chi connectivity index (χ1n) is 7.29. The average Bonchev–Trinajstić information content (AvgIpc) is 2.57. The Kier molecular flexibility index (Phi) is 7.65. The SMILES string of the molecule is O=C(NSCCCN1CCOCC1)C(=O)c1ccc(Cl)c(Cl)c1. The Bertz CT molecular complexity index is 566. The third-order valence-corrected chi connectivity index (χ3v) is 4.94. The second-order valence-electron chi connectivity index (χ2n) is 5.05. The maximum atomic E-state index is 12.0. The summed E-state index contributed by atoms with van der Waals surface area (Å²) in [6.45, 7) is 4.43. The molecular weight excluding hydrogens is 359 g/mol. The summed E-state index contributed by atoms with van der Waals surface area (Å²) in [7, 11) is 0. The number of benzene rings is 1. The molecule has 1 fully saturated rings. The van der Waals surface area contributed by atoms with Crippen molar-refractivity contribution in [3.63, 3.8) is 0 Å². The molecule has 0 unspecified atom stereocenters. The number of carbonyl (C=O) groups is 2. The van der Waals surface area contributed by atoms with Gasteiger partial charge in [-0.25, -0.2) is 0 Å². The van der Waals surface area contributed by atoms with Gasteiger partial charge in [0.2, 0.25) is 0 Å². The van der Waals surface area contributed by atoms with E-state index in [1.165, 1.54) is 30.1 Å². The van der Waals surface area contributed by atoms with Gasteiger partial charge in [-0.05, 0) is 31.2 Å². The number of carbonyl (C=O) groups excluding carboxylic acids is 2. The van der Waals surface area contributed by atoms with Crippen molar-refractivity contribution in [3.8, 4) is 0 Å². The van der Waals surface area contributed by atoms with Gasteiger partial charge in [-0.15, -0.1) is 0 Å². The Balaban J connectivity index is 1.67. The van der Waals surface area contributed by atoms with Crippen LogP contribution in [0.15, 0.2) is 18.2 Å². The standard InChI is InChI=1S/C15H18Cl2N2O3S/c16-12-3-2-11(10-13(12)17)14(20)15(21)18-23-9-1-4-19-5-7-22-8-6-19/h2-3,10H,1,4-9H2,(H,18,21). The van der Waals surface area contributed by atoms with Crippen molar-refractivity contribution >= 4 is 46.8 Å². The highest BCUT2D eigenvalue weighted by Crippen LogP contribution is 2.22. The molecule has 2 rings (SSSR count). The molecule has 1 saturated heterocycles. The highest BCUT2D eigenvalue weighted by Gasteiger charge is 2.17. The number of morpholine rings is 1. The molecule has 1 aliphatic rings. The lowest BCUT2D eigenvalue weighted by Gasteiger charge is -2.26. The lowest BCUT2D eigenvalue weighted by atomic mass is 10.1. The highest BCUT2D eigenvalue weighted by atomic mass is 35.5. The average molecular weight is 377 g/mol. The molecule has 0 atom stereocenters. The highest BCUT2D eigenvalue weighted by molar-refractivity contribution is 7.98. The van der Waals surface area contributed by atoms with Crippen molar-refractivity contribution in [2.45, 2.75) is 6.42 Å². The molecule has 5 nitrogen and oxygen atoms in total. The third-order valence-electron chi connectivity index (χ3n) is 3.38. The molecule has 1 heterocycles. The van der Waals surface area contributed by atoms with Crippen LogP contribution in [-0.2, 0) is 9.53 Å². The first-order valence-corrected chi connectivity index (χ1v) is 9.03. The number of hydrogen-bond acceptors (Lipinski definition) is 5. The molecule has 1 aliphatic heterocycles. The van der Waals surface area contributed by atoms with Gasteiger partial charge in [0.25, 0.3) is 5.78 Å². The van der Waals surface area contributed by atoms with Gasteiger partial charge in [0, 0.05) is 24.4 Å². The molecule has 1 amide bonds. The van der Waals surface area contributed by atoms with E-state index < -0.39 is 11.7 Å².